The lowest BCUT2D eigenvalue weighted by Crippen LogP contribution is -2.10. The Labute approximate surface area is 177 Å². The quantitative estimate of drug-likeness (QED) is 0.400. The zero-order valence-electron chi connectivity index (χ0n) is 16.6. The minimum Gasteiger partial charge on any atom is -0.423 e. The molecule has 0 radical (unpaired) electrons. The molecule has 31 heavy (non-hydrogen) atoms. The fraction of sp³-hybridized carbons (Fsp3) is 0.167. The van der Waals surface area contributed by atoms with Crippen LogP contribution in [-0.2, 0) is 12.6 Å². The first-order valence-corrected chi connectivity index (χ1v) is 9.65. The number of anilines is 1. The lowest BCUT2D eigenvalue weighted by atomic mass is 10.0. The van der Waals surface area contributed by atoms with Crippen molar-refractivity contribution in [2.75, 3.05) is 5.32 Å². The Morgan fingerprint density at radius 3 is 2.58 bits per heavy atom. The van der Waals surface area contributed by atoms with Crippen LogP contribution < -0.4 is 5.32 Å². The molecule has 0 fully saturated rings. The second-order valence-corrected chi connectivity index (χ2v) is 7.20. The Balaban J connectivity index is 1.59. The number of halogens is 3. The summed E-state index contributed by atoms with van der Waals surface area (Å²) in [5.74, 6) is 0.495. The van der Waals surface area contributed by atoms with Crippen LogP contribution in [0.15, 0.2) is 71.1 Å². The molecule has 0 aliphatic heterocycles. The van der Waals surface area contributed by atoms with E-state index in [0.29, 0.717) is 17.9 Å². The summed E-state index contributed by atoms with van der Waals surface area (Å²) in [5, 5.41) is 14.6. The molecule has 0 aliphatic carbocycles. The first kappa shape index (κ1) is 20.5. The van der Waals surface area contributed by atoms with Crippen LogP contribution in [0.1, 0.15) is 41.2 Å². The molecule has 0 aliphatic rings. The highest BCUT2D eigenvalue weighted by molar-refractivity contribution is 5.85. The minimum absolute atomic E-state index is 0.0639. The Morgan fingerprint density at radius 1 is 1.06 bits per heavy atom. The molecule has 4 rings (SSSR count). The van der Waals surface area contributed by atoms with Crippen molar-refractivity contribution < 1.29 is 17.6 Å². The summed E-state index contributed by atoms with van der Waals surface area (Å²) in [6.45, 7) is 1.70. The van der Waals surface area contributed by atoms with Crippen LogP contribution in [0.5, 0.6) is 0 Å². The second-order valence-electron chi connectivity index (χ2n) is 7.20. The van der Waals surface area contributed by atoms with E-state index in [2.05, 4.69) is 10.3 Å². The van der Waals surface area contributed by atoms with Gasteiger partial charge in [-0.25, -0.2) is 4.98 Å². The van der Waals surface area contributed by atoms with Gasteiger partial charge in [-0.3, -0.25) is 0 Å². The van der Waals surface area contributed by atoms with E-state index in [4.69, 9.17) is 4.42 Å². The summed E-state index contributed by atoms with van der Waals surface area (Å²) in [6.07, 6.45) is -4.04. The van der Waals surface area contributed by atoms with Crippen LogP contribution >= 0.6 is 0 Å². The number of benzene rings is 3. The van der Waals surface area contributed by atoms with Crippen molar-refractivity contribution >= 4 is 16.7 Å². The molecule has 7 heteroatoms. The van der Waals surface area contributed by atoms with Crippen LogP contribution in [0, 0.1) is 11.3 Å². The lowest BCUT2D eigenvalue weighted by Gasteiger charge is -2.15. The summed E-state index contributed by atoms with van der Waals surface area (Å²) >= 11 is 0. The van der Waals surface area contributed by atoms with E-state index in [0.717, 1.165) is 28.5 Å². The fourth-order valence-electron chi connectivity index (χ4n) is 3.49. The molecule has 4 nitrogen and oxygen atoms in total. The van der Waals surface area contributed by atoms with Crippen molar-refractivity contribution in [2.45, 2.75) is 25.6 Å². The van der Waals surface area contributed by atoms with Gasteiger partial charge < -0.3 is 9.73 Å². The van der Waals surface area contributed by atoms with Crippen LogP contribution in [0.4, 0.5) is 19.1 Å². The molecule has 0 spiro atoms. The molecule has 1 atom stereocenters. The van der Waals surface area contributed by atoms with E-state index >= 15 is 0 Å². The van der Waals surface area contributed by atoms with Gasteiger partial charge >= 0.3 is 6.18 Å². The molecule has 0 saturated heterocycles. The van der Waals surface area contributed by atoms with Crippen molar-refractivity contribution in [2.24, 2.45) is 0 Å². The van der Waals surface area contributed by atoms with Crippen molar-refractivity contribution in [1.82, 2.24) is 4.98 Å². The van der Waals surface area contributed by atoms with Crippen LogP contribution in [0.2, 0.25) is 0 Å². The van der Waals surface area contributed by atoms with Crippen molar-refractivity contribution in [1.29, 1.82) is 5.26 Å². The van der Waals surface area contributed by atoms with Gasteiger partial charge in [0.2, 0.25) is 17.5 Å². The maximum Gasteiger partial charge on any atom is 0.416 e. The maximum absolute atomic E-state index is 13.0. The SMILES string of the molecule is CC(Nc1oc(Cc2cccc3ccccc23)nc1C#N)c1cccc(C(F)(F)F)c1. The average Bonchev–Trinajstić information content (AvgIpc) is 3.14. The van der Waals surface area contributed by atoms with E-state index in [-0.39, 0.29) is 11.6 Å². The smallest absolute Gasteiger partial charge is 0.416 e. The number of alkyl halides is 3. The zero-order valence-corrected chi connectivity index (χ0v) is 16.6. The number of aromatic nitrogens is 1. The third-order valence-corrected chi connectivity index (χ3v) is 5.06. The van der Waals surface area contributed by atoms with Gasteiger partial charge in [-0.1, -0.05) is 54.6 Å². The number of nitrogens with zero attached hydrogens (tertiary/aromatic N) is 2. The van der Waals surface area contributed by atoms with Gasteiger partial charge in [-0.05, 0) is 41.0 Å². The Bertz CT molecular complexity index is 1270. The summed E-state index contributed by atoms with van der Waals surface area (Å²) < 4.78 is 44.8. The predicted octanol–water partition coefficient (Wildman–Crippen LogP) is 6.48. The van der Waals surface area contributed by atoms with E-state index in [1.807, 2.05) is 48.5 Å². The van der Waals surface area contributed by atoms with Gasteiger partial charge in [0.15, 0.2) is 0 Å². The first-order valence-electron chi connectivity index (χ1n) is 9.65. The van der Waals surface area contributed by atoms with Crippen molar-refractivity contribution in [3.63, 3.8) is 0 Å². The standard InChI is InChI=1S/C24H18F3N3O/c1-15(17-8-5-10-19(12-17)24(25,26)27)29-23-21(14-28)30-22(31-23)13-18-9-4-7-16-6-2-3-11-20(16)18/h2-12,15,29H,13H2,1H3. The number of nitrogens with one attached hydrogen (secondary N) is 1. The van der Waals surface area contributed by atoms with E-state index in [1.54, 1.807) is 13.0 Å². The highest BCUT2D eigenvalue weighted by Gasteiger charge is 2.30. The normalized spacial score (nSPS) is 12.5. The molecular formula is C24H18F3N3O. The van der Waals surface area contributed by atoms with Crippen molar-refractivity contribution in [3.05, 3.63) is 95.0 Å². The van der Waals surface area contributed by atoms with E-state index in [9.17, 15) is 18.4 Å². The summed E-state index contributed by atoms with van der Waals surface area (Å²) in [4.78, 5) is 4.26. The molecule has 0 bridgehead atoms. The molecule has 0 saturated carbocycles. The van der Waals surface area contributed by atoms with Gasteiger partial charge in [0, 0.05) is 0 Å². The molecule has 4 aromatic rings. The number of hydrogen-bond acceptors (Lipinski definition) is 4. The zero-order chi connectivity index (χ0) is 22.0. The predicted molar refractivity (Wildman–Crippen MR) is 111 cm³/mol. The van der Waals surface area contributed by atoms with Crippen LogP contribution in [0.25, 0.3) is 10.8 Å². The summed E-state index contributed by atoms with van der Waals surface area (Å²) in [6, 6.07) is 20.4. The third-order valence-electron chi connectivity index (χ3n) is 5.06. The lowest BCUT2D eigenvalue weighted by molar-refractivity contribution is -0.137. The second kappa shape index (κ2) is 8.15. The van der Waals surface area contributed by atoms with Gasteiger partial charge in [0.1, 0.15) is 6.07 Å². The Morgan fingerprint density at radius 2 is 1.81 bits per heavy atom. The highest BCUT2D eigenvalue weighted by Crippen LogP contribution is 2.32. The molecule has 1 unspecified atom stereocenters. The van der Waals surface area contributed by atoms with Gasteiger partial charge in [0.05, 0.1) is 18.0 Å². The molecular weight excluding hydrogens is 403 g/mol. The van der Waals surface area contributed by atoms with Gasteiger partial charge in [0.25, 0.3) is 0 Å². The molecule has 1 aromatic heterocycles. The largest absolute Gasteiger partial charge is 0.423 e. The van der Waals surface area contributed by atoms with Crippen LogP contribution in [0.3, 0.4) is 0 Å². The number of oxazole rings is 1. The molecule has 3 aromatic carbocycles. The topological polar surface area (TPSA) is 61.9 Å². The van der Waals surface area contributed by atoms with Crippen molar-refractivity contribution in [3.8, 4) is 6.07 Å². The third kappa shape index (κ3) is 4.38. The first-order chi connectivity index (χ1) is 14.8. The molecule has 1 N–H and O–H groups in total. The number of hydrogen-bond donors (Lipinski definition) is 1. The molecule has 1 heterocycles. The summed E-state index contributed by atoms with van der Waals surface area (Å²) in [7, 11) is 0. The van der Waals surface area contributed by atoms with Crippen LogP contribution in [-0.4, -0.2) is 4.98 Å². The number of nitriles is 1. The Kier molecular flexibility index (Phi) is 5.38. The average molecular weight is 421 g/mol. The maximum atomic E-state index is 13.0. The monoisotopic (exact) mass is 421 g/mol. The van der Waals surface area contributed by atoms with E-state index in [1.165, 1.54) is 6.07 Å². The summed E-state index contributed by atoms with van der Waals surface area (Å²) in [5.41, 5.74) is 0.759. The Hall–Kier alpha value is -3.79. The highest BCUT2D eigenvalue weighted by atomic mass is 19.4. The van der Waals surface area contributed by atoms with E-state index < -0.39 is 17.8 Å². The van der Waals surface area contributed by atoms with Gasteiger partial charge in [-0.2, -0.15) is 18.4 Å². The molecule has 156 valence electrons. The molecule has 0 amide bonds. The number of rotatable bonds is 5. The number of fused-ring (bicyclic) bond motifs is 1. The minimum atomic E-state index is -4.43. The van der Waals surface area contributed by atoms with Gasteiger partial charge in [-0.15, -0.1) is 0 Å². The fourth-order valence-corrected chi connectivity index (χ4v) is 3.49.